The van der Waals surface area contributed by atoms with Crippen LogP contribution >= 0.6 is 0 Å². The van der Waals surface area contributed by atoms with Crippen molar-refractivity contribution in [3.8, 4) is 0 Å². The first-order chi connectivity index (χ1) is 11.3. The summed E-state index contributed by atoms with van der Waals surface area (Å²) in [4.78, 5) is 13.5. The highest BCUT2D eigenvalue weighted by atomic mass is 32.2. The number of hydrogen-bond donors (Lipinski definition) is 1. The van der Waals surface area contributed by atoms with Crippen molar-refractivity contribution in [2.45, 2.75) is 38.5 Å². The van der Waals surface area contributed by atoms with Crippen molar-refractivity contribution in [3.05, 3.63) is 23.8 Å². The lowest BCUT2D eigenvalue weighted by Crippen LogP contribution is -2.26. The summed E-state index contributed by atoms with van der Waals surface area (Å²) < 4.78 is 32.7. The van der Waals surface area contributed by atoms with Gasteiger partial charge >= 0.3 is 0 Å². The third kappa shape index (κ3) is 4.78. The van der Waals surface area contributed by atoms with Crippen molar-refractivity contribution in [1.29, 1.82) is 0 Å². The molecule has 0 saturated carbocycles. The average molecular weight is 354 g/mol. The highest BCUT2D eigenvalue weighted by Crippen LogP contribution is 2.30. The Kier molecular flexibility index (Phi) is 6.37. The molecule has 0 spiro atoms. The zero-order chi connectivity index (χ0) is 17.7. The van der Waals surface area contributed by atoms with Crippen LogP contribution in [0.3, 0.4) is 0 Å². The van der Waals surface area contributed by atoms with Crippen LogP contribution < -0.4 is 9.62 Å². The zero-order valence-corrected chi connectivity index (χ0v) is 15.4. The second-order valence-electron chi connectivity index (χ2n) is 6.43. The molecular formula is C17H26N2O4S. The van der Waals surface area contributed by atoms with E-state index in [1.54, 1.807) is 23.1 Å². The van der Waals surface area contributed by atoms with Crippen molar-refractivity contribution >= 4 is 21.6 Å². The first-order valence-corrected chi connectivity index (χ1v) is 9.78. The molecule has 0 aromatic heterocycles. The van der Waals surface area contributed by atoms with Gasteiger partial charge in [0, 0.05) is 38.9 Å². The van der Waals surface area contributed by atoms with Crippen LogP contribution in [-0.4, -0.2) is 40.6 Å². The topological polar surface area (TPSA) is 75.7 Å². The maximum atomic E-state index is 12.4. The third-order valence-electron chi connectivity index (χ3n) is 3.85. The molecule has 0 atom stereocenters. The van der Waals surface area contributed by atoms with Crippen LogP contribution in [-0.2, 0) is 26.0 Å². The van der Waals surface area contributed by atoms with Crippen LogP contribution in [0.25, 0.3) is 0 Å². The number of fused-ring (bicyclic) bond motifs is 1. The van der Waals surface area contributed by atoms with E-state index in [2.05, 4.69) is 18.6 Å². The lowest BCUT2D eigenvalue weighted by Gasteiger charge is -2.15. The summed E-state index contributed by atoms with van der Waals surface area (Å²) in [5.74, 6) is 0.451. The number of nitrogens with one attached hydrogen (secondary N) is 1. The van der Waals surface area contributed by atoms with Gasteiger partial charge in [-0.2, -0.15) is 0 Å². The van der Waals surface area contributed by atoms with E-state index < -0.39 is 10.0 Å². The number of ether oxygens (including phenoxy) is 1. The fourth-order valence-electron chi connectivity index (χ4n) is 2.66. The van der Waals surface area contributed by atoms with E-state index in [4.69, 9.17) is 4.74 Å². The normalized spacial score (nSPS) is 14.2. The molecule has 0 saturated heterocycles. The van der Waals surface area contributed by atoms with Gasteiger partial charge in [0.1, 0.15) is 0 Å². The number of carbonyl (C=O) groups excluding carboxylic acids is 1. The highest BCUT2D eigenvalue weighted by Gasteiger charge is 2.24. The summed E-state index contributed by atoms with van der Waals surface area (Å²) in [7, 11) is -3.53. The van der Waals surface area contributed by atoms with Crippen LogP contribution in [0.4, 0.5) is 5.69 Å². The number of nitrogens with zero attached hydrogens (tertiary/aromatic N) is 1. The molecule has 134 valence electrons. The van der Waals surface area contributed by atoms with Crippen LogP contribution in [0.5, 0.6) is 0 Å². The number of hydrogen-bond acceptors (Lipinski definition) is 4. The second kappa shape index (κ2) is 8.09. The van der Waals surface area contributed by atoms with Gasteiger partial charge in [0.05, 0.1) is 4.90 Å². The molecule has 0 unspecified atom stereocenters. The van der Waals surface area contributed by atoms with E-state index in [0.717, 1.165) is 11.3 Å². The fraction of sp³-hybridized carbons (Fsp3) is 0.588. The minimum Gasteiger partial charge on any atom is -0.381 e. The molecule has 0 radical (unpaired) electrons. The minimum absolute atomic E-state index is 0.0242. The van der Waals surface area contributed by atoms with E-state index in [-0.39, 0.29) is 10.8 Å². The molecule has 1 aromatic carbocycles. The number of amides is 1. The van der Waals surface area contributed by atoms with Crippen LogP contribution in [0.2, 0.25) is 0 Å². The number of sulfonamides is 1. The summed E-state index contributed by atoms with van der Waals surface area (Å²) in [6.45, 7) is 7.84. The Morgan fingerprint density at radius 1 is 1.38 bits per heavy atom. The van der Waals surface area contributed by atoms with Crippen molar-refractivity contribution in [3.63, 3.8) is 0 Å². The quantitative estimate of drug-likeness (QED) is 0.724. The number of rotatable bonds is 8. The van der Waals surface area contributed by atoms with Gasteiger partial charge in [0.2, 0.25) is 15.9 Å². The lowest BCUT2D eigenvalue weighted by atomic mass is 10.2. The summed E-state index contributed by atoms with van der Waals surface area (Å²) in [6, 6.07) is 4.93. The average Bonchev–Trinajstić information content (AvgIpc) is 2.93. The van der Waals surface area contributed by atoms with Gasteiger partial charge in [-0.05, 0) is 42.5 Å². The molecule has 1 aromatic rings. The monoisotopic (exact) mass is 354 g/mol. The Morgan fingerprint density at radius 3 is 2.79 bits per heavy atom. The molecule has 1 aliphatic rings. The van der Waals surface area contributed by atoms with Gasteiger partial charge in [-0.3, -0.25) is 4.79 Å². The summed E-state index contributed by atoms with van der Waals surface area (Å²) in [6.07, 6.45) is 1.32. The maximum Gasteiger partial charge on any atom is 0.240 e. The Bertz CT molecular complexity index is 686. The van der Waals surface area contributed by atoms with Gasteiger partial charge in [-0.25, -0.2) is 13.1 Å². The van der Waals surface area contributed by atoms with Gasteiger partial charge in [-0.15, -0.1) is 0 Å². The van der Waals surface area contributed by atoms with Crippen LogP contribution in [0.15, 0.2) is 23.1 Å². The third-order valence-corrected chi connectivity index (χ3v) is 5.30. The predicted molar refractivity (Wildman–Crippen MR) is 93.6 cm³/mol. The molecule has 0 bridgehead atoms. The van der Waals surface area contributed by atoms with Gasteiger partial charge < -0.3 is 9.64 Å². The molecular weight excluding hydrogens is 328 g/mol. The van der Waals surface area contributed by atoms with E-state index >= 15 is 0 Å². The molecule has 0 fully saturated rings. The number of carbonyl (C=O) groups is 1. The molecule has 0 aliphatic carbocycles. The molecule has 1 heterocycles. The molecule has 1 aliphatic heterocycles. The van der Waals surface area contributed by atoms with Gasteiger partial charge in [0.15, 0.2) is 0 Å². The molecule has 1 amide bonds. The maximum absolute atomic E-state index is 12.4. The highest BCUT2D eigenvalue weighted by molar-refractivity contribution is 7.89. The standard InChI is InChI=1S/C17H26N2O4S/c1-13(2)12-23-10-4-8-18-24(21,22)16-5-6-17-15(11-16)7-9-19(17)14(3)20/h5-6,11,13,18H,4,7-10,12H2,1-3H3. The molecule has 6 nitrogen and oxygen atoms in total. The van der Waals surface area contributed by atoms with Crippen molar-refractivity contribution < 1.29 is 17.9 Å². The Morgan fingerprint density at radius 2 is 2.12 bits per heavy atom. The van der Waals surface area contributed by atoms with Crippen molar-refractivity contribution in [1.82, 2.24) is 4.72 Å². The Balaban J connectivity index is 1.92. The first kappa shape index (κ1) is 18.9. The summed E-state index contributed by atoms with van der Waals surface area (Å²) in [5.41, 5.74) is 1.71. The number of anilines is 1. The van der Waals surface area contributed by atoms with E-state index in [1.165, 1.54) is 6.92 Å². The Labute approximate surface area is 144 Å². The van der Waals surface area contributed by atoms with E-state index in [9.17, 15) is 13.2 Å². The molecule has 7 heteroatoms. The Hall–Kier alpha value is -1.44. The van der Waals surface area contributed by atoms with Gasteiger partial charge in [0.25, 0.3) is 0 Å². The summed E-state index contributed by atoms with van der Waals surface area (Å²) in [5, 5.41) is 0. The second-order valence-corrected chi connectivity index (χ2v) is 8.20. The lowest BCUT2D eigenvalue weighted by molar-refractivity contribution is -0.116. The fourth-order valence-corrected chi connectivity index (χ4v) is 3.78. The number of benzene rings is 1. The largest absolute Gasteiger partial charge is 0.381 e. The molecule has 1 N–H and O–H groups in total. The molecule has 2 rings (SSSR count). The minimum atomic E-state index is -3.53. The van der Waals surface area contributed by atoms with Gasteiger partial charge in [-0.1, -0.05) is 13.8 Å². The van der Waals surface area contributed by atoms with Crippen molar-refractivity contribution in [2.24, 2.45) is 5.92 Å². The van der Waals surface area contributed by atoms with E-state index in [0.29, 0.717) is 45.1 Å². The first-order valence-electron chi connectivity index (χ1n) is 8.29. The van der Waals surface area contributed by atoms with E-state index in [1.807, 2.05) is 0 Å². The SMILES string of the molecule is CC(=O)N1CCc2cc(S(=O)(=O)NCCCOCC(C)C)ccc21. The van der Waals surface area contributed by atoms with Crippen LogP contribution in [0.1, 0.15) is 32.8 Å². The van der Waals surface area contributed by atoms with Crippen LogP contribution in [0, 0.1) is 5.92 Å². The zero-order valence-electron chi connectivity index (χ0n) is 14.5. The smallest absolute Gasteiger partial charge is 0.240 e. The predicted octanol–water partition coefficient (Wildman–Crippen LogP) is 1.94. The summed E-state index contributed by atoms with van der Waals surface area (Å²) >= 11 is 0. The van der Waals surface area contributed by atoms with Crippen molar-refractivity contribution in [2.75, 3.05) is 31.2 Å². The molecule has 24 heavy (non-hydrogen) atoms.